The Morgan fingerprint density at radius 3 is 2.45 bits per heavy atom. The predicted octanol–water partition coefficient (Wildman–Crippen LogP) is 2.55. The number of benzene rings is 1. The maximum Gasteiger partial charge on any atom is 0.329 e. The van der Waals surface area contributed by atoms with Gasteiger partial charge in [-0.1, -0.05) is 17.7 Å². The summed E-state index contributed by atoms with van der Waals surface area (Å²) in [6.07, 6.45) is 2.88. The minimum Gasteiger partial charge on any atom is -0.454 e. The van der Waals surface area contributed by atoms with Crippen LogP contribution in [0.25, 0.3) is 0 Å². The van der Waals surface area contributed by atoms with Crippen molar-refractivity contribution >= 4 is 41.0 Å². The SMILES string of the molecule is Cc1c(Cl)cccc1NC(=O)COC(=O)[C@H](C)N1C(=O)[C@@H]2[C@H]3CC[C@@H](C3)[C@@H]2C1=O. The van der Waals surface area contributed by atoms with Gasteiger partial charge >= 0.3 is 5.97 Å². The lowest BCUT2D eigenvalue weighted by Gasteiger charge is -2.23. The summed E-state index contributed by atoms with van der Waals surface area (Å²) in [5.74, 6) is -1.90. The molecule has 5 atom stereocenters. The second kappa shape index (κ2) is 7.44. The number of anilines is 1. The average molecular weight is 419 g/mol. The van der Waals surface area contributed by atoms with Crippen molar-refractivity contribution in [2.75, 3.05) is 11.9 Å². The number of nitrogens with zero attached hydrogens (tertiary/aromatic N) is 1. The summed E-state index contributed by atoms with van der Waals surface area (Å²) in [6, 6.07) is 4.06. The van der Waals surface area contributed by atoms with Crippen molar-refractivity contribution in [2.24, 2.45) is 23.7 Å². The molecule has 3 amide bonds. The molecule has 3 aliphatic rings. The van der Waals surface area contributed by atoms with Crippen LogP contribution in [0.2, 0.25) is 5.02 Å². The second-order valence-corrected chi connectivity index (χ2v) is 8.58. The van der Waals surface area contributed by atoms with E-state index in [1.807, 2.05) is 0 Å². The largest absolute Gasteiger partial charge is 0.454 e. The van der Waals surface area contributed by atoms with E-state index in [1.165, 1.54) is 6.92 Å². The van der Waals surface area contributed by atoms with Crippen LogP contribution in [0.3, 0.4) is 0 Å². The Balaban J connectivity index is 1.35. The van der Waals surface area contributed by atoms with E-state index in [4.69, 9.17) is 16.3 Å². The summed E-state index contributed by atoms with van der Waals surface area (Å²) in [7, 11) is 0. The number of amides is 3. The number of rotatable bonds is 5. The lowest BCUT2D eigenvalue weighted by Crippen LogP contribution is -2.45. The Kier molecular flexibility index (Phi) is 5.11. The number of nitrogens with one attached hydrogen (secondary N) is 1. The third-order valence-electron chi connectivity index (χ3n) is 6.58. The highest BCUT2D eigenvalue weighted by Crippen LogP contribution is 2.56. The summed E-state index contributed by atoms with van der Waals surface area (Å²) >= 11 is 6.03. The van der Waals surface area contributed by atoms with Gasteiger partial charge in [-0.05, 0) is 62.6 Å². The molecule has 1 aromatic carbocycles. The molecule has 3 fully saturated rings. The summed E-state index contributed by atoms with van der Waals surface area (Å²) in [6.45, 7) is 2.73. The van der Waals surface area contributed by atoms with E-state index in [0.717, 1.165) is 24.2 Å². The van der Waals surface area contributed by atoms with Crippen LogP contribution in [0.1, 0.15) is 31.7 Å². The third-order valence-corrected chi connectivity index (χ3v) is 6.99. The quantitative estimate of drug-likeness (QED) is 0.586. The Hall–Kier alpha value is -2.41. The van der Waals surface area contributed by atoms with Gasteiger partial charge in [0.15, 0.2) is 6.61 Å². The van der Waals surface area contributed by atoms with Gasteiger partial charge in [0.1, 0.15) is 6.04 Å². The van der Waals surface area contributed by atoms with Gasteiger partial charge in [-0.25, -0.2) is 4.79 Å². The smallest absolute Gasteiger partial charge is 0.329 e. The second-order valence-electron chi connectivity index (χ2n) is 8.18. The highest BCUT2D eigenvalue weighted by atomic mass is 35.5. The first-order chi connectivity index (χ1) is 13.8. The number of carbonyl (C=O) groups excluding carboxylic acids is 4. The minimum absolute atomic E-state index is 0.251. The third kappa shape index (κ3) is 3.31. The standard InChI is InChI=1S/C21H23ClN2O5/c1-10-14(22)4-3-5-15(10)23-16(25)9-29-21(28)11(2)24-19(26)17-12-6-7-13(8-12)18(17)20(24)27/h3-5,11-13,17-18H,6-9H2,1-2H3,(H,23,25)/t11-,12-,13-,17-,18+/m0/s1. The maximum atomic E-state index is 12.8. The van der Waals surface area contributed by atoms with Gasteiger partial charge in [-0.3, -0.25) is 19.3 Å². The molecule has 0 aromatic heterocycles. The molecule has 8 heteroatoms. The molecule has 1 aliphatic heterocycles. The zero-order chi connectivity index (χ0) is 20.9. The summed E-state index contributed by atoms with van der Waals surface area (Å²) in [5.41, 5.74) is 1.23. The predicted molar refractivity (Wildman–Crippen MR) is 105 cm³/mol. The van der Waals surface area contributed by atoms with Crippen molar-refractivity contribution in [2.45, 2.75) is 39.2 Å². The van der Waals surface area contributed by atoms with Gasteiger partial charge in [-0.15, -0.1) is 0 Å². The monoisotopic (exact) mass is 418 g/mol. The molecule has 4 rings (SSSR count). The van der Waals surface area contributed by atoms with Crippen molar-refractivity contribution in [3.63, 3.8) is 0 Å². The molecule has 2 aliphatic carbocycles. The molecule has 29 heavy (non-hydrogen) atoms. The van der Waals surface area contributed by atoms with E-state index in [1.54, 1.807) is 25.1 Å². The topological polar surface area (TPSA) is 92.8 Å². The van der Waals surface area contributed by atoms with Crippen molar-refractivity contribution in [1.29, 1.82) is 0 Å². The molecule has 0 spiro atoms. The number of halogens is 1. The molecule has 0 unspecified atom stereocenters. The first-order valence-corrected chi connectivity index (χ1v) is 10.3. The number of hydrogen-bond acceptors (Lipinski definition) is 5. The first kappa shape index (κ1) is 19.9. The molecule has 0 radical (unpaired) electrons. The van der Waals surface area contributed by atoms with Crippen LogP contribution in [0.15, 0.2) is 18.2 Å². The van der Waals surface area contributed by atoms with Crippen LogP contribution in [0.4, 0.5) is 5.69 Å². The van der Waals surface area contributed by atoms with Gasteiger partial charge in [0.05, 0.1) is 11.8 Å². The van der Waals surface area contributed by atoms with E-state index in [0.29, 0.717) is 16.3 Å². The molecule has 1 heterocycles. The van der Waals surface area contributed by atoms with Gasteiger partial charge < -0.3 is 10.1 Å². The van der Waals surface area contributed by atoms with Gasteiger partial charge in [0.2, 0.25) is 11.8 Å². The van der Waals surface area contributed by atoms with Crippen molar-refractivity contribution < 1.29 is 23.9 Å². The number of imide groups is 1. The number of hydrogen-bond donors (Lipinski definition) is 1. The average Bonchev–Trinajstić information content (AvgIpc) is 3.37. The fourth-order valence-electron chi connectivity index (χ4n) is 5.11. The van der Waals surface area contributed by atoms with Gasteiger partial charge in [0.25, 0.3) is 5.91 Å². The molecule has 1 N–H and O–H groups in total. The molecule has 7 nitrogen and oxygen atoms in total. The Labute approximate surface area is 173 Å². The van der Waals surface area contributed by atoms with Crippen LogP contribution in [0.5, 0.6) is 0 Å². The molecule has 1 aromatic rings. The highest BCUT2D eigenvalue weighted by molar-refractivity contribution is 6.31. The van der Waals surface area contributed by atoms with Gasteiger partial charge in [-0.2, -0.15) is 0 Å². The minimum atomic E-state index is -1.04. The Morgan fingerprint density at radius 1 is 1.21 bits per heavy atom. The number of esters is 1. The van der Waals surface area contributed by atoms with E-state index in [-0.39, 0.29) is 35.5 Å². The van der Waals surface area contributed by atoms with Crippen LogP contribution >= 0.6 is 11.6 Å². The highest BCUT2D eigenvalue weighted by Gasteiger charge is 2.62. The summed E-state index contributed by atoms with van der Waals surface area (Å²) < 4.78 is 5.08. The fraction of sp³-hybridized carbons (Fsp3) is 0.524. The van der Waals surface area contributed by atoms with E-state index >= 15 is 0 Å². The van der Waals surface area contributed by atoms with Gasteiger partial charge in [0, 0.05) is 10.7 Å². The number of likely N-dealkylation sites (tertiary alicyclic amines) is 1. The molecular formula is C21H23ClN2O5. The summed E-state index contributed by atoms with van der Waals surface area (Å²) in [5, 5.41) is 3.15. The Morgan fingerprint density at radius 2 is 1.83 bits per heavy atom. The molecular weight excluding hydrogens is 396 g/mol. The molecule has 154 valence electrons. The number of fused-ring (bicyclic) bond motifs is 5. The number of ether oxygens (including phenoxy) is 1. The maximum absolute atomic E-state index is 12.8. The zero-order valence-corrected chi connectivity index (χ0v) is 17.1. The van der Waals surface area contributed by atoms with Crippen LogP contribution in [0, 0.1) is 30.6 Å². The lowest BCUT2D eigenvalue weighted by molar-refractivity contribution is -0.159. The normalized spacial score (nSPS) is 28.4. The van der Waals surface area contributed by atoms with Crippen LogP contribution < -0.4 is 5.32 Å². The van der Waals surface area contributed by atoms with E-state index in [2.05, 4.69) is 5.32 Å². The zero-order valence-electron chi connectivity index (χ0n) is 16.3. The van der Waals surface area contributed by atoms with Crippen LogP contribution in [-0.4, -0.2) is 41.2 Å². The first-order valence-electron chi connectivity index (χ1n) is 9.88. The molecule has 2 bridgehead atoms. The fourth-order valence-corrected chi connectivity index (χ4v) is 5.28. The molecule has 2 saturated carbocycles. The Bertz CT molecular complexity index is 873. The van der Waals surface area contributed by atoms with E-state index in [9.17, 15) is 19.2 Å². The van der Waals surface area contributed by atoms with Crippen molar-refractivity contribution in [3.05, 3.63) is 28.8 Å². The van der Waals surface area contributed by atoms with E-state index < -0.39 is 24.5 Å². The number of carbonyl (C=O) groups is 4. The van der Waals surface area contributed by atoms with Crippen LogP contribution in [-0.2, 0) is 23.9 Å². The summed E-state index contributed by atoms with van der Waals surface area (Å²) in [4.78, 5) is 51.2. The lowest BCUT2D eigenvalue weighted by atomic mass is 9.81. The van der Waals surface area contributed by atoms with Crippen molar-refractivity contribution in [3.8, 4) is 0 Å². The van der Waals surface area contributed by atoms with Crippen molar-refractivity contribution in [1.82, 2.24) is 4.90 Å². The molecule has 1 saturated heterocycles.